The molecule has 0 saturated heterocycles. The van der Waals surface area contributed by atoms with Crippen molar-refractivity contribution in [3.05, 3.63) is 57.6 Å². The van der Waals surface area contributed by atoms with E-state index in [0.717, 1.165) is 11.3 Å². The number of nitrogens with one attached hydrogen (secondary N) is 2. The Morgan fingerprint density at radius 2 is 1.70 bits per heavy atom. The van der Waals surface area contributed by atoms with Crippen molar-refractivity contribution in [3.63, 3.8) is 0 Å². The third-order valence-corrected chi connectivity index (χ3v) is 3.19. The first-order chi connectivity index (χ1) is 9.49. The minimum atomic E-state index is -0.232. The van der Waals surface area contributed by atoms with E-state index in [9.17, 15) is 4.79 Å². The lowest BCUT2D eigenvalue weighted by Gasteiger charge is -2.10. The van der Waals surface area contributed by atoms with Crippen LogP contribution in [-0.2, 0) is 0 Å². The molecule has 1 amide bonds. The zero-order chi connectivity index (χ0) is 14.7. The molecule has 6 heteroatoms. The number of amides is 1. The fraction of sp³-hybridized carbons (Fsp3) is 0.0714. The Hall–Kier alpha value is -1.75. The third kappa shape index (κ3) is 3.42. The van der Waals surface area contributed by atoms with Gasteiger partial charge < -0.3 is 10.7 Å². The molecule has 0 saturated carbocycles. The number of hydrogen-bond donors (Lipinski definition) is 3. The number of nitrogens with two attached hydrogens (primary N) is 1. The Bertz CT molecular complexity index is 639. The predicted octanol–water partition coefficient (Wildman–Crippen LogP) is 3.84. The number of anilines is 2. The number of benzene rings is 2. The van der Waals surface area contributed by atoms with Gasteiger partial charge >= 0.3 is 0 Å². The maximum absolute atomic E-state index is 12.2. The van der Waals surface area contributed by atoms with Gasteiger partial charge in [-0.05, 0) is 48.9 Å². The van der Waals surface area contributed by atoms with E-state index in [2.05, 4.69) is 10.7 Å². The summed E-state index contributed by atoms with van der Waals surface area (Å²) in [6.07, 6.45) is 0. The van der Waals surface area contributed by atoms with Gasteiger partial charge in [0.05, 0.1) is 0 Å². The van der Waals surface area contributed by atoms with Crippen molar-refractivity contribution in [2.75, 3.05) is 10.7 Å². The molecule has 0 bridgehead atoms. The second kappa shape index (κ2) is 6.13. The fourth-order valence-corrected chi connectivity index (χ4v) is 2.36. The SMILES string of the molecule is Cc1cc(NN)ccc1C(=O)Nc1cc(Cl)cc(Cl)c1. The monoisotopic (exact) mass is 309 g/mol. The van der Waals surface area contributed by atoms with Crippen LogP contribution in [0.3, 0.4) is 0 Å². The molecule has 0 spiro atoms. The Kier molecular flexibility index (Phi) is 4.49. The fourth-order valence-electron chi connectivity index (χ4n) is 1.83. The first-order valence-corrected chi connectivity index (χ1v) is 6.60. The van der Waals surface area contributed by atoms with E-state index < -0.39 is 0 Å². The summed E-state index contributed by atoms with van der Waals surface area (Å²) < 4.78 is 0. The van der Waals surface area contributed by atoms with Crippen LogP contribution in [0.4, 0.5) is 11.4 Å². The molecule has 2 aromatic rings. The average molecular weight is 310 g/mol. The van der Waals surface area contributed by atoms with E-state index in [1.807, 2.05) is 6.92 Å². The van der Waals surface area contributed by atoms with E-state index in [-0.39, 0.29) is 5.91 Å². The second-order valence-corrected chi connectivity index (χ2v) is 5.16. The summed E-state index contributed by atoms with van der Waals surface area (Å²) >= 11 is 11.8. The molecule has 0 aliphatic rings. The minimum Gasteiger partial charge on any atom is -0.324 e. The molecule has 0 radical (unpaired) electrons. The van der Waals surface area contributed by atoms with Gasteiger partial charge in [-0.1, -0.05) is 23.2 Å². The zero-order valence-electron chi connectivity index (χ0n) is 10.7. The maximum atomic E-state index is 12.2. The van der Waals surface area contributed by atoms with E-state index >= 15 is 0 Å². The third-order valence-electron chi connectivity index (χ3n) is 2.76. The highest BCUT2D eigenvalue weighted by atomic mass is 35.5. The van der Waals surface area contributed by atoms with Gasteiger partial charge in [0.25, 0.3) is 5.91 Å². The van der Waals surface area contributed by atoms with E-state index in [1.54, 1.807) is 36.4 Å². The Morgan fingerprint density at radius 3 is 2.25 bits per heavy atom. The Labute approximate surface area is 126 Å². The van der Waals surface area contributed by atoms with Crippen LogP contribution in [-0.4, -0.2) is 5.91 Å². The van der Waals surface area contributed by atoms with Gasteiger partial charge in [0, 0.05) is 27.0 Å². The standard InChI is InChI=1S/C14H13Cl2N3O/c1-8-4-11(19-17)2-3-13(8)14(20)18-12-6-9(15)5-10(16)7-12/h2-7,19H,17H2,1H3,(H,18,20). The normalized spacial score (nSPS) is 10.2. The largest absolute Gasteiger partial charge is 0.324 e. The minimum absolute atomic E-state index is 0.232. The van der Waals surface area contributed by atoms with Crippen LogP contribution in [0.5, 0.6) is 0 Å². The first-order valence-electron chi connectivity index (χ1n) is 5.84. The van der Waals surface area contributed by atoms with E-state index in [0.29, 0.717) is 21.3 Å². The topological polar surface area (TPSA) is 67.1 Å². The molecule has 0 aliphatic carbocycles. The molecule has 0 atom stereocenters. The molecule has 0 heterocycles. The molecule has 4 nitrogen and oxygen atoms in total. The van der Waals surface area contributed by atoms with Crippen LogP contribution in [0.25, 0.3) is 0 Å². The summed E-state index contributed by atoms with van der Waals surface area (Å²) in [7, 11) is 0. The van der Waals surface area contributed by atoms with Crippen molar-refractivity contribution in [2.24, 2.45) is 5.84 Å². The van der Waals surface area contributed by atoms with Gasteiger partial charge in [-0.2, -0.15) is 0 Å². The molecular formula is C14H13Cl2N3O. The average Bonchev–Trinajstić information content (AvgIpc) is 2.36. The molecule has 104 valence electrons. The van der Waals surface area contributed by atoms with Crippen LogP contribution in [0, 0.1) is 6.92 Å². The van der Waals surface area contributed by atoms with Gasteiger partial charge in [0.15, 0.2) is 0 Å². The number of aryl methyl sites for hydroxylation is 1. The van der Waals surface area contributed by atoms with E-state index in [4.69, 9.17) is 29.0 Å². The summed E-state index contributed by atoms with van der Waals surface area (Å²) in [6, 6.07) is 10.1. The van der Waals surface area contributed by atoms with E-state index in [1.165, 1.54) is 0 Å². The molecule has 20 heavy (non-hydrogen) atoms. The number of hydrazine groups is 1. The molecule has 2 rings (SSSR count). The lowest BCUT2D eigenvalue weighted by atomic mass is 10.1. The number of halogens is 2. The van der Waals surface area contributed by atoms with Gasteiger partial charge in [-0.15, -0.1) is 0 Å². The second-order valence-electron chi connectivity index (χ2n) is 4.29. The van der Waals surface area contributed by atoms with Crippen molar-refractivity contribution in [1.29, 1.82) is 0 Å². The summed E-state index contributed by atoms with van der Waals surface area (Å²) in [6.45, 7) is 1.83. The van der Waals surface area contributed by atoms with Gasteiger partial charge in [-0.3, -0.25) is 10.6 Å². The van der Waals surface area contributed by atoms with Crippen molar-refractivity contribution >= 4 is 40.5 Å². The quantitative estimate of drug-likeness (QED) is 0.596. The highest BCUT2D eigenvalue weighted by Gasteiger charge is 2.10. The summed E-state index contributed by atoms with van der Waals surface area (Å²) in [5.41, 5.74) is 5.19. The van der Waals surface area contributed by atoms with Crippen LogP contribution in [0.15, 0.2) is 36.4 Å². The van der Waals surface area contributed by atoms with Crippen molar-refractivity contribution in [3.8, 4) is 0 Å². The molecule has 0 unspecified atom stereocenters. The molecule has 0 aliphatic heterocycles. The maximum Gasteiger partial charge on any atom is 0.255 e. The lowest BCUT2D eigenvalue weighted by Crippen LogP contribution is -2.14. The van der Waals surface area contributed by atoms with Crippen molar-refractivity contribution in [2.45, 2.75) is 6.92 Å². The molecular weight excluding hydrogens is 297 g/mol. The number of carbonyl (C=O) groups excluding carboxylic acids is 1. The van der Waals surface area contributed by atoms with Gasteiger partial charge in [-0.25, -0.2) is 0 Å². The highest BCUT2D eigenvalue weighted by molar-refractivity contribution is 6.35. The van der Waals surface area contributed by atoms with Crippen LogP contribution >= 0.6 is 23.2 Å². The smallest absolute Gasteiger partial charge is 0.255 e. The van der Waals surface area contributed by atoms with Crippen LogP contribution in [0.2, 0.25) is 10.0 Å². The van der Waals surface area contributed by atoms with Gasteiger partial charge in [0.2, 0.25) is 0 Å². The number of hydrogen-bond acceptors (Lipinski definition) is 3. The van der Waals surface area contributed by atoms with Crippen molar-refractivity contribution < 1.29 is 4.79 Å². The molecule has 0 aromatic heterocycles. The summed E-state index contributed by atoms with van der Waals surface area (Å²) in [4.78, 5) is 12.2. The molecule has 2 aromatic carbocycles. The summed E-state index contributed by atoms with van der Waals surface area (Å²) in [5.74, 6) is 5.09. The van der Waals surface area contributed by atoms with Crippen molar-refractivity contribution in [1.82, 2.24) is 0 Å². The zero-order valence-corrected chi connectivity index (χ0v) is 12.2. The first kappa shape index (κ1) is 14.7. The Morgan fingerprint density at radius 1 is 1.05 bits per heavy atom. The van der Waals surface area contributed by atoms with Gasteiger partial charge in [0.1, 0.15) is 0 Å². The highest BCUT2D eigenvalue weighted by Crippen LogP contribution is 2.23. The molecule has 4 N–H and O–H groups in total. The summed E-state index contributed by atoms with van der Waals surface area (Å²) in [5, 5.41) is 3.69. The number of rotatable bonds is 3. The number of nitrogen functional groups attached to an aromatic ring is 1. The van der Waals surface area contributed by atoms with Crippen LogP contribution < -0.4 is 16.6 Å². The van der Waals surface area contributed by atoms with Crippen LogP contribution in [0.1, 0.15) is 15.9 Å². The lowest BCUT2D eigenvalue weighted by molar-refractivity contribution is 0.102. The Balaban J connectivity index is 2.23. The predicted molar refractivity (Wildman–Crippen MR) is 83.4 cm³/mol. The molecule has 0 fully saturated rings. The number of carbonyl (C=O) groups is 1.